The van der Waals surface area contributed by atoms with Crippen molar-refractivity contribution >= 4 is 44.5 Å². The highest BCUT2D eigenvalue weighted by atomic mass is 127. The SMILES string of the molecule is N[C@@H](Cc1cccc(I)c1Br)C(=O)O. The minimum absolute atomic E-state index is 0.340. The van der Waals surface area contributed by atoms with E-state index in [1.807, 2.05) is 18.2 Å². The molecule has 5 heteroatoms. The molecule has 0 saturated carbocycles. The van der Waals surface area contributed by atoms with Crippen molar-refractivity contribution in [3.8, 4) is 0 Å². The van der Waals surface area contributed by atoms with E-state index in [0.29, 0.717) is 6.42 Å². The molecule has 1 aromatic carbocycles. The number of carbonyl (C=O) groups is 1. The van der Waals surface area contributed by atoms with Gasteiger partial charge in [0.05, 0.1) is 0 Å². The first kappa shape index (κ1) is 11.9. The average Bonchev–Trinajstić information content (AvgIpc) is 2.12. The zero-order chi connectivity index (χ0) is 10.7. The largest absolute Gasteiger partial charge is 0.480 e. The highest BCUT2D eigenvalue weighted by Crippen LogP contribution is 2.24. The van der Waals surface area contributed by atoms with Gasteiger partial charge in [0.15, 0.2) is 0 Å². The molecule has 0 fully saturated rings. The number of hydrogen-bond donors (Lipinski definition) is 2. The summed E-state index contributed by atoms with van der Waals surface area (Å²) in [5.41, 5.74) is 6.37. The topological polar surface area (TPSA) is 63.3 Å². The molecular formula is C9H9BrINO2. The van der Waals surface area contributed by atoms with Gasteiger partial charge in [0.1, 0.15) is 6.04 Å². The third-order valence-electron chi connectivity index (χ3n) is 1.79. The summed E-state index contributed by atoms with van der Waals surface area (Å²) in [6, 6.07) is 4.86. The van der Waals surface area contributed by atoms with E-state index in [-0.39, 0.29) is 0 Å². The van der Waals surface area contributed by atoms with Crippen molar-refractivity contribution in [1.82, 2.24) is 0 Å². The summed E-state index contributed by atoms with van der Waals surface area (Å²) in [5, 5.41) is 8.66. The van der Waals surface area contributed by atoms with E-state index in [4.69, 9.17) is 10.8 Å². The van der Waals surface area contributed by atoms with Gasteiger partial charge in [-0.1, -0.05) is 12.1 Å². The normalized spacial score (nSPS) is 12.5. The number of halogens is 2. The molecule has 0 heterocycles. The van der Waals surface area contributed by atoms with E-state index in [2.05, 4.69) is 38.5 Å². The number of carboxylic acids is 1. The van der Waals surface area contributed by atoms with Gasteiger partial charge >= 0.3 is 5.97 Å². The first-order valence-electron chi connectivity index (χ1n) is 3.93. The van der Waals surface area contributed by atoms with Gasteiger partial charge in [0.25, 0.3) is 0 Å². The highest BCUT2D eigenvalue weighted by molar-refractivity contribution is 14.1. The van der Waals surface area contributed by atoms with E-state index in [9.17, 15) is 4.79 Å². The van der Waals surface area contributed by atoms with E-state index < -0.39 is 12.0 Å². The van der Waals surface area contributed by atoms with Crippen molar-refractivity contribution in [2.75, 3.05) is 0 Å². The van der Waals surface area contributed by atoms with Crippen molar-refractivity contribution < 1.29 is 9.90 Å². The first-order chi connectivity index (χ1) is 6.52. The second-order valence-electron chi connectivity index (χ2n) is 2.86. The van der Waals surface area contributed by atoms with Gasteiger partial charge in [-0.3, -0.25) is 4.79 Å². The van der Waals surface area contributed by atoms with Gasteiger partial charge in [-0.05, 0) is 56.6 Å². The van der Waals surface area contributed by atoms with Crippen LogP contribution >= 0.6 is 38.5 Å². The fourth-order valence-electron chi connectivity index (χ4n) is 1.03. The summed E-state index contributed by atoms with van der Waals surface area (Å²) in [6.45, 7) is 0. The van der Waals surface area contributed by atoms with Crippen molar-refractivity contribution in [3.05, 3.63) is 31.8 Å². The number of hydrogen-bond acceptors (Lipinski definition) is 2. The number of benzene rings is 1. The Balaban J connectivity index is 2.87. The molecule has 14 heavy (non-hydrogen) atoms. The van der Waals surface area contributed by atoms with Gasteiger partial charge < -0.3 is 10.8 Å². The van der Waals surface area contributed by atoms with Crippen LogP contribution in [0.5, 0.6) is 0 Å². The van der Waals surface area contributed by atoms with Crippen LogP contribution in [0.2, 0.25) is 0 Å². The summed E-state index contributed by atoms with van der Waals surface area (Å²) in [5.74, 6) is -0.976. The predicted molar refractivity (Wildman–Crippen MR) is 66.2 cm³/mol. The Bertz CT molecular complexity index is 357. The van der Waals surface area contributed by atoms with Crippen molar-refractivity contribution in [2.45, 2.75) is 12.5 Å². The zero-order valence-corrected chi connectivity index (χ0v) is 10.9. The number of rotatable bonds is 3. The summed E-state index contributed by atoms with van der Waals surface area (Å²) in [4.78, 5) is 10.6. The molecule has 1 rings (SSSR count). The number of nitrogens with two attached hydrogens (primary N) is 1. The average molecular weight is 370 g/mol. The Morgan fingerprint density at radius 3 is 2.86 bits per heavy atom. The molecule has 0 spiro atoms. The van der Waals surface area contributed by atoms with Crippen LogP contribution in [0.25, 0.3) is 0 Å². The summed E-state index contributed by atoms with van der Waals surface area (Å²) >= 11 is 5.58. The van der Waals surface area contributed by atoms with Crippen molar-refractivity contribution in [2.24, 2.45) is 5.73 Å². The standard InChI is InChI=1S/C9H9BrINO2/c10-8-5(2-1-3-6(8)11)4-7(12)9(13)14/h1-3,7H,4,12H2,(H,13,14)/t7-/m0/s1. The fourth-order valence-corrected chi connectivity index (χ4v) is 2.01. The number of aliphatic carboxylic acids is 1. The van der Waals surface area contributed by atoms with Gasteiger partial charge in [0, 0.05) is 8.04 Å². The van der Waals surface area contributed by atoms with E-state index in [1.54, 1.807) is 0 Å². The molecule has 0 aliphatic carbocycles. The summed E-state index contributed by atoms with van der Waals surface area (Å²) < 4.78 is 1.98. The minimum atomic E-state index is -0.976. The molecule has 0 bridgehead atoms. The highest BCUT2D eigenvalue weighted by Gasteiger charge is 2.14. The molecule has 0 amide bonds. The molecule has 1 aromatic rings. The Labute approximate surface area is 104 Å². The van der Waals surface area contributed by atoms with Gasteiger partial charge in [-0.25, -0.2) is 0 Å². The molecule has 3 N–H and O–H groups in total. The van der Waals surface area contributed by atoms with Crippen molar-refractivity contribution in [3.63, 3.8) is 0 Å². The molecule has 0 unspecified atom stereocenters. The lowest BCUT2D eigenvalue weighted by Crippen LogP contribution is -2.32. The predicted octanol–water partition coefficient (Wildman–Crippen LogP) is 2.01. The molecule has 0 aromatic heterocycles. The van der Waals surface area contributed by atoms with Crippen LogP contribution < -0.4 is 5.73 Å². The maximum Gasteiger partial charge on any atom is 0.320 e. The maximum atomic E-state index is 10.6. The molecule has 1 atom stereocenters. The Kier molecular flexibility index (Phi) is 4.33. The first-order valence-corrected chi connectivity index (χ1v) is 5.81. The molecule has 3 nitrogen and oxygen atoms in total. The van der Waals surface area contributed by atoms with Crippen LogP contribution in [-0.4, -0.2) is 17.1 Å². The third-order valence-corrected chi connectivity index (χ3v) is 4.37. The van der Waals surface area contributed by atoms with Crippen LogP contribution in [0, 0.1) is 3.57 Å². The van der Waals surface area contributed by atoms with Gasteiger partial charge in [-0.2, -0.15) is 0 Å². The Morgan fingerprint density at radius 1 is 1.64 bits per heavy atom. The second kappa shape index (κ2) is 5.09. The molecule has 0 aliphatic heterocycles. The van der Waals surface area contributed by atoms with Crippen LogP contribution in [0.4, 0.5) is 0 Å². The van der Waals surface area contributed by atoms with Gasteiger partial charge in [-0.15, -0.1) is 0 Å². The van der Waals surface area contributed by atoms with E-state index in [0.717, 1.165) is 13.6 Å². The zero-order valence-electron chi connectivity index (χ0n) is 7.21. The Morgan fingerprint density at radius 2 is 2.29 bits per heavy atom. The lowest BCUT2D eigenvalue weighted by atomic mass is 10.1. The molecule has 0 saturated heterocycles. The molecule has 0 radical (unpaired) electrons. The fraction of sp³-hybridized carbons (Fsp3) is 0.222. The smallest absolute Gasteiger partial charge is 0.320 e. The summed E-state index contributed by atoms with van der Waals surface area (Å²) in [7, 11) is 0. The van der Waals surface area contributed by atoms with Gasteiger partial charge in [0.2, 0.25) is 0 Å². The molecule has 76 valence electrons. The minimum Gasteiger partial charge on any atom is -0.480 e. The van der Waals surface area contributed by atoms with E-state index >= 15 is 0 Å². The second-order valence-corrected chi connectivity index (χ2v) is 4.82. The maximum absolute atomic E-state index is 10.6. The third kappa shape index (κ3) is 2.93. The summed E-state index contributed by atoms with van der Waals surface area (Å²) in [6.07, 6.45) is 0.340. The van der Waals surface area contributed by atoms with E-state index in [1.165, 1.54) is 0 Å². The quantitative estimate of drug-likeness (QED) is 0.801. The molecule has 0 aliphatic rings. The Hall–Kier alpha value is -0.140. The van der Waals surface area contributed by atoms with Crippen LogP contribution in [0.1, 0.15) is 5.56 Å². The molecular weight excluding hydrogens is 361 g/mol. The van der Waals surface area contributed by atoms with Crippen LogP contribution in [0.15, 0.2) is 22.7 Å². The lowest BCUT2D eigenvalue weighted by molar-refractivity contribution is -0.138. The van der Waals surface area contributed by atoms with Crippen LogP contribution in [0.3, 0.4) is 0 Å². The monoisotopic (exact) mass is 369 g/mol. The van der Waals surface area contributed by atoms with Crippen molar-refractivity contribution in [1.29, 1.82) is 0 Å². The lowest BCUT2D eigenvalue weighted by Gasteiger charge is -2.09. The van der Waals surface area contributed by atoms with Crippen LogP contribution in [-0.2, 0) is 11.2 Å². The number of carboxylic acid groups (broad SMARTS) is 1.